The van der Waals surface area contributed by atoms with Crippen LogP contribution in [-0.4, -0.2) is 32.3 Å². The van der Waals surface area contributed by atoms with Gasteiger partial charge in [-0.05, 0) is 48.5 Å². The van der Waals surface area contributed by atoms with Crippen LogP contribution in [0.25, 0.3) is 0 Å². The highest BCUT2D eigenvalue weighted by Gasteiger charge is 2.15. The fraction of sp³-hybridized carbons (Fsp3) is 0.0870. The first-order chi connectivity index (χ1) is 15.4. The van der Waals surface area contributed by atoms with Crippen molar-refractivity contribution in [3.8, 4) is 17.2 Å². The van der Waals surface area contributed by atoms with Gasteiger partial charge in [0.05, 0.1) is 36.6 Å². The predicted molar refractivity (Wildman–Crippen MR) is 125 cm³/mol. The van der Waals surface area contributed by atoms with Crippen molar-refractivity contribution in [3.63, 3.8) is 0 Å². The number of ether oxygens (including phenoxy) is 3. The molecule has 0 unspecified atom stereocenters. The Labute approximate surface area is 198 Å². The summed E-state index contributed by atoms with van der Waals surface area (Å²) >= 11 is 9.40. The Hall–Kier alpha value is -3.36. The number of methoxy groups -OCH3 is 2. The third-order valence-corrected chi connectivity index (χ3v) is 5.10. The zero-order valence-corrected chi connectivity index (χ0v) is 19.4. The molecule has 3 rings (SSSR count). The molecule has 3 aromatic rings. The van der Waals surface area contributed by atoms with Crippen LogP contribution >= 0.6 is 27.5 Å². The third kappa shape index (κ3) is 5.66. The van der Waals surface area contributed by atoms with E-state index >= 15 is 0 Å². The lowest BCUT2D eigenvalue weighted by molar-refractivity contribution is 0.0733. The average Bonchev–Trinajstić information content (AvgIpc) is 2.80. The number of carbonyl (C=O) groups is 2. The zero-order chi connectivity index (χ0) is 23.1. The SMILES string of the molecule is COc1ccc(C(=O)Oc2ccc(Br)cc2/C=N/NC(=O)c2ccccc2Cl)cc1OC. The topological polar surface area (TPSA) is 86.2 Å². The van der Waals surface area contributed by atoms with Crippen LogP contribution in [0.1, 0.15) is 26.3 Å². The smallest absolute Gasteiger partial charge is 0.343 e. The van der Waals surface area contributed by atoms with Gasteiger partial charge in [-0.3, -0.25) is 4.79 Å². The van der Waals surface area contributed by atoms with Crippen molar-refractivity contribution in [2.24, 2.45) is 5.10 Å². The maximum atomic E-state index is 12.7. The van der Waals surface area contributed by atoms with E-state index in [1.165, 1.54) is 26.5 Å². The van der Waals surface area contributed by atoms with Crippen LogP contribution in [0, 0.1) is 0 Å². The molecule has 0 saturated heterocycles. The molecule has 0 atom stereocenters. The number of carbonyl (C=O) groups excluding carboxylic acids is 2. The van der Waals surface area contributed by atoms with Crippen LogP contribution in [0.5, 0.6) is 17.2 Å². The molecule has 32 heavy (non-hydrogen) atoms. The number of rotatable bonds is 7. The van der Waals surface area contributed by atoms with E-state index in [9.17, 15) is 9.59 Å². The van der Waals surface area contributed by atoms with Gasteiger partial charge in [0.15, 0.2) is 11.5 Å². The van der Waals surface area contributed by atoms with Crippen molar-refractivity contribution >= 4 is 45.6 Å². The Bertz CT molecular complexity index is 1180. The Morgan fingerprint density at radius 3 is 2.41 bits per heavy atom. The highest BCUT2D eigenvalue weighted by Crippen LogP contribution is 2.29. The second-order valence-electron chi connectivity index (χ2n) is 6.32. The second-order valence-corrected chi connectivity index (χ2v) is 7.64. The van der Waals surface area contributed by atoms with Gasteiger partial charge >= 0.3 is 5.97 Å². The fourth-order valence-electron chi connectivity index (χ4n) is 2.70. The van der Waals surface area contributed by atoms with Gasteiger partial charge in [0, 0.05) is 10.0 Å². The first-order valence-corrected chi connectivity index (χ1v) is 10.4. The molecule has 1 N–H and O–H groups in total. The van der Waals surface area contributed by atoms with Crippen molar-refractivity contribution < 1.29 is 23.8 Å². The standard InChI is InChI=1S/C23H18BrClN2O5/c1-30-20-9-7-14(12-21(20)31-2)23(29)32-19-10-8-16(24)11-15(19)13-26-27-22(28)17-5-3-4-6-18(17)25/h3-13H,1-2H3,(H,27,28)/b26-13+. The highest BCUT2D eigenvalue weighted by atomic mass is 79.9. The highest BCUT2D eigenvalue weighted by molar-refractivity contribution is 9.10. The van der Waals surface area contributed by atoms with E-state index in [1.807, 2.05) is 0 Å². The first kappa shape index (κ1) is 23.3. The van der Waals surface area contributed by atoms with Crippen molar-refractivity contribution in [1.29, 1.82) is 0 Å². The minimum atomic E-state index is -0.594. The summed E-state index contributed by atoms with van der Waals surface area (Å²) in [6.45, 7) is 0. The van der Waals surface area contributed by atoms with Crippen LogP contribution in [0.15, 0.2) is 70.2 Å². The summed E-state index contributed by atoms with van der Waals surface area (Å²) in [5.74, 6) is 0.0917. The average molecular weight is 518 g/mol. The number of benzene rings is 3. The molecule has 0 fully saturated rings. The molecule has 0 saturated carbocycles. The molecule has 0 aliphatic carbocycles. The van der Waals surface area contributed by atoms with Gasteiger partial charge in [-0.15, -0.1) is 0 Å². The van der Waals surface area contributed by atoms with Crippen molar-refractivity contribution in [3.05, 3.63) is 86.8 Å². The summed E-state index contributed by atoms with van der Waals surface area (Å²) in [5, 5.41) is 4.27. The zero-order valence-electron chi connectivity index (χ0n) is 17.1. The van der Waals surface area contributed by atoms with E-state index in [1.54, 1.807) is 54.6 Å². The minimum absolute atomic E-state index is 0.253. The fourth-order valence-corrected chi connectivity index (χ4v) is 3.30. The monoisotopic (exact) mass is 516 g/mol. The van der Waals surface area contributed by atoms with Crippen LogP contribution in [0.3, 0.4) is 0 Å². The van der Waals surface area contributed by atoms with Gasteiger partial charge in [-0.2, -0.15) is 5.10 Å². The number of nitrogens with one attached hydrogen (secondary N) is 1. The molecule has 0 heterocycles. The number of esters is 1. The number of hydrazone groups is 1. The minimum Gasteiger partial charge on any atom is -0.493 e. The van der Waals surface area contributed by atoms with Gasteiger partial charge in [0.2, 0.25) is 0 Å². The van der Waals surface area contributed by atoms with E-state index in [0.717, 1.165) is 4.47 Å². The number of hydrogen-bond donors (Lipinski definition) is 1. The van der Waals surface area contributed by atoms with Gasteiger partial charge in [0.25, 0.3) is 5.91 Å². The maximum absolute atomic E-state index is 12.7. The summed E-state index contributed by atoms with van der Waals surface area (Å²) < 4.78 is 16.7. The Balaban J connectivity index is 1.78. The molecule has 9 heteroatoms. The molecule has 3 aromatic carbocycles. The predicted octanol–water partition coefficient (Wildman–Crippen LogP) is 5.10. The molecule has 0 aromatic heterocycles. The van der Waals surface area contributed by atoms with Crippen molar-refractivity contribution in [2.45, 2.75) is 0 Å². The molecule has 0 radical (unpaired) electrons. The molecular weight excluding hydrogens is 500 g/mol. The van der Waals surface area contributed by atoms with Crippen LogP contribution in [0.4, 0.5) is 0 Å². The Morgan fingerprint density at radius 2 is 1.69 bits per heavy atom. The summed E-state index contributed by atoms with van der Waals surface area (Å²) in [7, 11) is 2.99. The molecule has 0 spiro atoms. The van der Waals surface area contributed by atoms with Crippen LogP contribution < -0.4 is 19.6 Å². The van der Waals surface area contributed by atoms with Gasteiger partial charge in [-0.25, -0.2) is 10.2 Å². The van der Waals surface area contributed by atoms with E-state index in [2.05, 4.69) is 26.5 Å². The van der Waals surface area contributed by atoms with Crippen molar-refractivity contribution in [1.82, 2.24) is 5.43 Å². The molecule has 1 amide bonds. The van der Waals surface area contributed by atoms with Gasteiger partial charge in [0.1, 0.15) is 5.75 Å². The lowest BCUT2D eigenvalue weighted by atomic mass is 10.2. The summed E-state index contributed by atoms with van der Waals surface area (Å²) in [5.41, 5.74) is 3.44. The first-order valence-electron chi connectivity index (χ1n) is 9.24. The number of halogens is 2. The Kier molecular flexibility index (Phi) is 7.86. The largest absolute Gasteiger partial charge is 0.493 e. The van der Waals surface area contributed by atoms with E-state index < -0.39 is 11.9 Å². The molecule has 0 bridgehead atoms. The quantitative estimate of drug-likeness (QED) is 0.204. The summed E-state index contributed by atoms with van der Waals surface area (Å²) in [6.07, 6.45) is 1.37. The van der Waals surface area contributed by atoms with Crippen molar-refractivity contribution in [2.75, 3.05) is 14.2 Å². The second kappa shape index (κ2) is 10.8. The third-order valence-electron chi connectivity index (χ3n) is 4.28. The van der Waals surface area contributed by atoms with E-state index in [4.69, 9.17) is 25.8 Å². The molecule has 164 valence electrons. The van der Waals surface area contributed by atoms with E-state index in [0.29, 0.717) is 27.6 Å². The number of amides is 1. The van der Waals surface area contributed by atoms with Crippen LogP contribution in [0.2, 0.25) is 5.02 Å². The van der Waals surface area contributed by atoms with Gasteiger partial charge in [-0.1, -0.05) is 39.7 Å². The number of nitrogens with zero attached hydrogens (tertiary/aromatic N) is 1. The maximum Gasteiger partial charge on any atom is 0.343 e. The lowest BCUT2D eigenvalue weighted by Crippen LogP contribution is -2.18. The molecular formula is C23H18BrClN2O5. The Morgan fingerprint density at radius 1 is 0.969 bits per heavy atom. The summed E-state index contributed by atoms with van der Waals surface area (Å²) in [6, 6.07) is 16.4. The van der Waals surface area contributed by atoms with Crippen LogP contribution in [-0.2, 0) is 0 Å². The molecule has 0 aliphatic heterocycles. The van der Waals surface area contributed by atoms with E-state index in [-0.39, 0.29) is 11.3 Å². The lowest BCUT2D eigenvalue weighted by Gasteiger charge is -2.11. The molecule has 7 nitrogen and oxygen atoms in total. The summed E-state index contributed by atoms with van der Waals surface area (Å²) in [4.78, 5) is 24.9. The molecule has 0 aliphatic rings. The normalized spacial score (nSPS) is 10.6. The number of hydrogen-bond acceptors (Lipinski definition) is 6. The van der Waals surface area contributed by atoms with Gasteiger partial charge < -0.3 is 14.2 Å².